The van der Waals surface area contributed by atoms with Crippen LogP contribution in [0.15, 0.2) is 6.20 Å². The number of nitrogens with one attached hydrogen (secondary N) is 1. The Morgan fingerprint density at radius 3 is 2.78 bits per heavy atom. The topological polar surface area (TPSA) is 101 Å². The molecular weight excluding hydrogens is 322 g/mol. The zero-order valence-electron chi connectivity index (χ0n) is 13.1. The molecule has 1 amide bonds. The molecule has 2 rings (SSSR count). The van der Waals surface area contributed by atoms with E-state index >= 15 is 0 Å². The molecule has 0 aliphatic carbocycles. The number of carbonyl (C=O) groups excluding carboxylic acids is 1. The van der Waals surface area contributed by atoms with Crippen LogP contribution in [0.4, 0.5) is 0 Å². The number of hydrogen-bond acceptors (Lipinski definition) is 5. The smallest absolute Gasteiger partial charge is 0.326 e. The molecule has 23 heavy (non-hydrogen) atoms. The van der Waals surface area contributed by atoms with E-state index < -0.39 is 17.9 Å². The maximum absolute atomic E-state index is 12.4. The summed E-state index contributed by atoms with van der Waals surface area (Å²) < 4.78 is 5.31. The van der Waals surface area contributed by atoms with Gasteiger partial charge in [-0.25, -0.2) is 14.8 Å². The second kappa shape index (κ2) is 7.70. The molecule has 1 aromatic heterocycles. The predicted molar refractivity (Wildman–Crippen MR) is 83.6 cm³/mol. The molecule has 2 N–H and O–H groups in total. The van der Waals surface area contributed by atoms with Crippen molar-refractivity contribution in [3.8, 4) is 0 Å². The summed E-state index contributed by atoms with van der Waals surface area (Å²) in [5.74, 6) is -1.47. The van der Waals surface area contributed by atoms with Crippen molar-refractivity contribution in [2.75, 3.05) is 13.2 Å². The molecule has 0 bridgehead atoms. The van der Waals surface area contributed by atoms with E-state index in [2.05, 4.69) is 15.3 Å². The van der Waals surface area contributed by atoms with Crippen molar-refractivity contribution in [2.45, 2.75) is 38.6 Å². The zero-order valence-corrected chi connectivity index (χ0v) is 13.8. The van der Waals surface area contributed by atoms with Crippen LogP contribution in [0.3, 0.4) is 0 Å². The summed E-state index contributed by atoms with van der Waals surface area (Å²) in [6.45, 7) is 4.72. The van der Waals surface area contributed by atoms with E-state index in [0.29, 0.717) is 25.5 Å². The fourth-order valence-corrected chi connectivity index (χ4v) is 2.61. The van der Waals surface area contributed by atoms with Crippen molar-refractivity contribution >= 4 is 23.5 Å². The number of rotatable bonds is 5. The average Bonchev–Trinajstić information content (AvgIpc) is 2.53. The van der Waals surface area contributed by atoms with Gasteiger partial charge in [0.15, 0.2) is 0 Å². The molecule has 0 saturated carbocycles. The zero-order chi connectivity index (χ0) is 17.0. The molecule has 0 aromatic carbocycles. The van der Waals surface area contributed by atoms with E-state index in [1.165, 1.54) is 6.20 Å². The normalized spacial score (nSPS) is 19.4. The van der Waals surface area contributed by atoms with E-state index in [0.717, 1.165) is 6.42 Å². The van der Waals surface area contributed by atoms with Crippen molar-refractivity contribution < 1.29 is 19.4 Å². The number of amides is 1. The van der Waals surface area contributed by atoms with E-state index in [4.69, 9.17) is 16.3 Å². The van der Waals surface area contributed by atoms with E-state index in [-0.39, 0.29) is 22.6 Å². The lowest BCUT2D eigenvalue weighted by atomic mass is 9.93. The van der Waals surface area contributed by atoms with Gasteiger partial charge >= 0.3 is 5.97 Å². The minimum absolute atomic E-state index is 0.00616. The third kappa shape index (κ3) is 4.39. The highest BCUT2D eigenvalue weighted by Crippen LogP contribution is 2.20. The van der Waals surface area contributed by atoms with Crippen LogP contribution in [-0.4, -0.2) is 46.2 Å². The number of aliphatic carboxylic acids is 1. The molecule has 1 fully saturated rings. The van der Waals surface area contributed by atoms with Crippen LogP contribution >= 0.6 is 11.6 Å². The highest BCUT2D eigenvalue weighted by Gasteiger charge is 2.32. The molecule has 1 aliphatic rings. The summed E-state index contributed by atoms with van der Waals surface area (Å²) >= 11 is 5.99. The Balaban J connectivity index is 2.18. The predicted octanol–water partition coefficient (Wildman–Crippen LogP) is 1.86. The van der Waals surface area contributed by atoms with Crippen molar-refractivity contribution in [3.63, 3.8) is 0 Å². The highest BCUT2D eigenvalue weighted by atomic mass is 35.5. The van der Waals surface area contributed by atoms with E-state index in [1.807, 2.05) is 13.8 Å². The Kier molecular flexibility index (Phi) is 5.90. The molecule has 8 heteroatoms. The molecule has 2 unspecified atom stereocenters. The van der Waals surface area contributed by atoms with Gasteiger partial charge in [0.25, 0.3) is 5.91 Å². The van der Waals surface area contributed by atoms with Crippen molar-refractivity contribution in [1.29, 1.82) is 0 Å². The third-order valence-electron chi connectivity index (χ3n) is 3.71. The number of nitrogens with zero attached hydrogens (tertiary/aromatic N) is 2. The van der Waals surface area contributed by atoms with Gasteiger partial charge in [-0.1, -0.05) is 25.4 Å². The summed E-state index contributed by atoms with van der Waals surface area (Å²) in [5.41, 5.74) is -0.00616. The number of carboxylic acids is 1. The summed E-state index contributed by atoms with van der Waals surface area (Å²) in [6, 6.07) is -1.03. The number of aromatic nitrogens is 2. The molecule has 0 spiro atoms. The Bertz CT molecular complexity index is 588. The van der Waals surface area contributed by atoms with Crippen LogP contribution in [0, 0.1) is 5.92 Å². The summed E-state index contributed by atoms with van der Waals surface area (Å²) in [5, 5.41) is 12.0. The Morgan fingerprint density at radius 2 is 2.22 bits per heavy atom. The Morgan fingerprint density at radius 1 is 1.48 bits per heavy atom. The number of carboxylic acid groups (broad SMARTS) is 1. The lowest BCUT2D eigenvalue weighted by Crippen LogP contribution is -2.48. The van der Waals surface area contributed by atoms with Crippen LogP contribution in [-0.2, 0) is 9.53 Å². The second-order valence-electron chi connectivity index (χ2n) is 5.85. The molecule has 1 saturated heterocycles. The lowest BCUT2D eigenvalue weighted by molar-refractivity contribution is -0.142. The molecule has 7 nitrogen and oxygen atoms in total. The van der Waals surface area contributed by atoms with Crippen molar-refractivity contribution in [2.24, 2.45) is 5.92 Å². The van der Waals surface area contributed by atoms with Gasteiger partial charge in [0.2, 0.25) is 0 Å². The molecule has 126 valence electrons. The van der Waals surface area contributed by atoms with Gasteiger partial charge < -0.3 is 15.2 Å². The summed E-state index contributed by atoms with van der Waals surface area (Å²) in [4.78, 5) is 32.1. The van der Waals surface area contributed by atoms with Crippen molar-refractivity contribution in [1.82, 2.24) is 15.3 Å². The number of carbonyl (C=O) groups is 2. The SMILES string of the molecule is CC(C)c1ncc(Cl)c(C(=O)NC(C(=O)O)C2CCCOC2)n1. The second-order valence-corrected chi connectivity index (χ2v) is 6.25. The van der Waals surface area contributed by atoms with Gasteiger partial charge in [-0.05, 0) is 12.8 Å². The lowest BCUT2D eigenvalue weighted by Gasteiger charge is -2.28. The van der Waals surface area contributed by atoms with Crippen LogP contribution in [0.1, 0.15) is 48.9 Å². The van der Waals surface area contributed by atoms with Crippen LogP contribution in [0.5, 0.6) is 0 Å². The van der Waals surface area contributed by atoms with E-state index in [9.17, 15) is 14.7 Å². The highest BCUT2D eigenvalue weighted by molar-refractivity contribution is 6.33. The Hall–Kier alpha value is -1.73. The first-order valence-corrected chi connectivity index (χ1v) is 7.91. The first-order chi connectivity index (χ1) is 10.9. The van der Waals surface area contributed by atoms with E-state index in [1.54, 1.807) is 0 Å². The average molecular weight is 342 g/mol. The fourth-order valence-electron chi connectivity index (χ4n) is 2.44. The molecule has 0 radical (unpaired) electrons. The summed E-state index contributed by atoms with van der Waals surface area (Å²) in [6.07, 6.45) is 2.82. The monoisotopic (exact) mass is 341 g/mol. The number of ether oxygens (including phenoxy) is 1. The largest absolute Gasteiger partial charge is 0.480 e. The van der Waals surface area contributed by atoms with Gasteiger partial charge in [-0.15, -0.1) is 0 Å². The van der Waals surface area contributed by atoms with Crippen LogP contribution in [0.25, 0.3) is 0 Å². The first kappa shape index (κ1) is 17.6. The quantitative estimate of drug-likeness (QED) is 0.847. The maximum Gasteiger partial charge on any atom is 0.326 e. The third-order valence-corrected chi connectivity index (χ3v) is 3.99. The number of halogens is 1. The minimum atomic E-state index is -1.09. The Labute approximate surface area is 139 Å². The first-order valence-electron chi connectivity index (χ1n) is 7.54. The van der Waals surface area contributed by atoms with Gasteiger partial charge in [-0.3, -0.25) is 4.79 Å². The van der Waals surface area contributed by atoms with Crippen LogP contribution < -0.4 is 5.32 Å². The molecular formula is C15H20ClN3O4. The maximum atomic E-state index is 12.4. The van der Waals surface area contributed by atoms with Crippen LogP contribution in [0.2, 0.25) is 5.02 Å². The van der Waals surface area contributed by atoms with Gasteiger partial charge in [0.05, 0.1) is 17.8 Å². The van der Waals surface area contributed by atoms with Crippen molar-refractivity contribution in [3.05, 3.63) is 22.7 Å². The molecule has 1 aliphatic heterocycles. The van der Waals surface area contributed by atoms with Gasteiger partial charge in [0, 0.05) is 18.4 Å². The molecule has 1 aromatic rings. The molecule has 2 heterocycles. The van der Waals surface area contributed by atoms with Gasteiger partial charge in [-0.2, -0.15) is 0 Å². The number of hydrogen-bond donors (Lipinski definition) is 2. The summed E-state index contributed by atoms with van der Waals surface area (Å²) in [7, 11) is 0. The standard InChI is InChI=1S/C15H20ClN3O4/c1-8(2)13-17-6-10(16)12(18-13)14(20)19-11(15(21)22)9-4-3-5-23-7-9/h6,8-9,11H,3-5,7H2,1-2H3,(H,19,20)(H,21,22). The molecule has 2 atom stereocenters. The van der Waals surface area contributed by atoms with Gasteiger partial charge in [0.1, 0.15) is 17.6 Å². The minimum Gasteiger partial charge on any atom is -0.480 e. The fraction of sp³-hybridized carbons (Fsp3) is 0.600.